The Hall–Kier alpha value is -4.05. The molecule has 1 saturated heterocycles. The Morgan fingerprint density at radius 2 is 1.72 bits per heavy atom. The number of furan rings is 1. The lowest BCUT2D eigenvalue weighted by atomic mass is 10.1. The van der Waals surface area contributed by atoms with Crippen LogP contribution in [-0.4, -0.2) is 34.7 Å². The second kappa shape index (κ2) is 8.23. The molecule has 1 fully saturated rings. The maximum atomic E-state index is 13.0. The molecule has 0 spiro atoms. The van der Waals surface area contributed by atoms with Crippen molar-refractivity contribution in [2.24, 2.45) is 0 Å². The number of rotatable bonds is 4. The highest BCUT2D eigenvalue weighted by atomic mass is 79.9. The summed E-state index contributed by atoms with van der Waals surface area (Å²) in [5.41, 5.74) is 0.573. The van der Waals surface area contributed by atoms with Gasteiger partial charge in [-0.15, -0.1) is 0 Å². The second-order valence-corrected chi connectivity index (χ2v) is 7.66. The van der Waals surface area contributed by atoms with Crippen molar-refractivity contribution in [1.82, 2.24) is 4.90 Å². The Morgan fingerprint density at radius 1 is 1.00 bits per heavy atom. The van der Waals surface area contributed by atoms with Gasteiger partial charge in [-0.2, -0.15) is 0 Å². The molecule has 9 nitrogen and oxygen atoms in total. The van der Waals surface area contributed by atoms with Crippen molar-refractivity contribution >= 4 is 51.2 Å². The third-order valence-electron chi connectivity index (χ3n) is 4.80. The monoisotopic (exact) mass is 495 g/mol. The van der Waals surface area contributed by atoms with Crippen LogP contribution in [0, 0.1) is 10.1 Å². The van der Waals surface area contributed by atoms with E-state index < -0.39 is 22.8 Å². The Bertz CT molecular complexity index is 1300. The Balaban J connectivity index is 1.70. The predicted molar refractivity (Wildman–Crippen MR) is 119 cm³/mol. The van der Waals surface area contributed by atoms with E-state index in [0.29, 0.717) is 21.5 Å². The summed E-state index contributed by atoms with van der Waals surface area (Å²) in [6.45, 7) is 0. The smallest absolute Gasteiger partial charge is 0.338 e. The van der Waals surface area contributed by atoms with Gasteiger partial charge in [-0.3, -0.25) is 24.6 Å². The summed E-state index contributed by atoms with van der Waals surface area (Å²) in [5.74, 6) is -0.934. The minimum absolute atomic E-state index is 0.0818. The van der Waals surface area contributed by atoms with Gasteiger partial charge in [0.05, 0.1) is 10.6 Å². The fourth-order valence-corrected chi connectivity index (χ4v) is 3.74. The van der Waals surface area contributed by atoms with Gasteiger partial charge in [0.2, 0.25) is 0 Å². The number of anilines is 1. The van der Waals surface area contributed by atoms with Crippen LogP contribution in [0.15, 0.2) is 75.1 Å². The van der Waals surface area contributed by atoms with Crippen LogP contribution in [0.25, 0.3) is 17.4 Å². The summed E-state index contributed by atoms with van der Waals surface area (Å²) < 4.78 is 6.20. The van der Waals surface area contributed by atoms with E-state index >= 15 is 0 Å². The number of carbonyl (C=O) groups excluding carboxylic acids is 3. The van der Waals surface area contributed by atoms with Crippen LogP contribution in [0.5, 0.6) is 0 Å². The number of nitrogens with zero attached hydrogens (tertiary/aromatic N) is 3. The molecule has 4 rings (SSSR count). The first-order valence-corrected chi connectivity index (χ1v) is 10.0. The van der Waals surface area contributed by atoms with Crippen molar-refractivity contribution in [2.45, 2.75) is 0 Å². The van der Waals surface area contributed by atoms with Gasteiger partial charge in [-0.1, -0.05) is 18.2 Å². The lowest BCUT2D eigenvalue weighted by molar-refractivity contribution is -0.384. The Labute approximate surface area is 189 Å². The maximum absolute atomic E-state index is 13.0. The number of amides is 4. The van der Waals surface area contributed by atoms with Gasteiger partial charge < -0.3 is 4.42 Å². The number of barbiturate groups is 1. The molecule has 32 heavy (non-hydrogen) atoms. The number of benzene rings is 2. The molecule has 0 radical (unpaired) electrons. The minimum Gasteiger partial charge on any atom is -0.457 e. The third-order valence-corrected chi connectivity index (χ3v) is 5.46. The number of para-hydroxylation sites is 1. The van der Waals surface area contributed by atoms with Gasteiger partial charge in [-0.25, -0.2) is 9.69 Å². The summed E-state index contributed by atoms with van der Waals surface area (Å²) >= 11 is 3.29. The van der Waals surface area contributed by atoms with Crippen LogP contribution in [0.4, 0.5) is 16.2 Å². The van der Waals surface area contributed by atoms with Crippen LogP contribution >= 0.6 is 15.9 Å². The zero-order valence-electron chi connectivity index (χ0n) is 16.5. The molecule has 160 valence electrons. The topological polar surface area (TPSA) is 114 Å². The van der Waals surface area contributed by atoms with Crippen LogP contribution in [0.3, 0.4) is 0 Å². The molecule has 10 heteroatoms. The quantitative estimate of drug-likeness (QED) is 0.225. The van der Waals surface area contributed by atoms with Gasteiger partial charge in [0.25, 0.3) is 17.5 Å². The standard InChI is InChI=1S/C22H14BrN3O6/c1-24-20(27)17(21(28)25(22(24)29)13-5-3-2-4-6-13)12-15-8-10-19(32-15)16-9-7-14(26(30)31)11-18(16)23/h2-12H,1H3/b17-12-. The van der Waals surface area contributed by atoms with E-state index in [1.54, 1.807) is 42.5 Å². The van der Waals surface area contributed by atoms with Gasteiger partial charge in [0.15, 0.2) is 0 Å². The zero-order valence-corrected chi connectivity index (χ0v) is 18.1. The van der Waals surface area contributed by atoms with Crippen LogP contribution in [-0.2, 0) is 9.59 Å². The third kappa shape index (κ3) is 3.71. The molecular formula is C22H14BrN3O6. The molecule has 0 bridgehead atoms. The van der Waals surface area contributed by atoms with Crippen LogP contribution in [0.1, 0.15) is 5.76 Å². The SMILES string of the molecule is CN1C(=O)/C(=C/c2ccc(-c3ccc([N+](=O)[O-])cc3Br)o2)C(=O)N(c2ccccc2)C1=O. The maximum Gasteiger partial charge on any atom is 0.338 e. The van der Waals surface area contributed by atoms with E-state index in [1.165, 1.54) is 31.3 Å². The molecule has 2 heterocycles. The number of carbonyl (C=O) groups is 3. The number of urea groups is 1. The molecule has 1 aliphatic heterocycles. The molecule has 0 atom stereocenters. The lowest BCUT2D eigenvalue weighted by Crippen LogP contribution is -2.55. The average molecular weight is 496 g/mol. The summed E-state index contributed by atoms with van der Waals surface area (Å²) in [4.78, 5) is 50.4. The lowest BCUT2D eigenvalue weighted by Gasteiger charge is -2.31. The average Bonchev–Trinajstić information content (AvgIpc) is 3.24. The van der Waals surface area contributed by atoms with Crippen molar-refractivity contribution in [3.05, 3.63) is 86.6 Å². The van der Waals surface area contributed by atoms with E-state index in [-0.39, 0.29) is 17.0 Å². The fourth-order valence-electron chi connectivity index (χ4n) is 3.18. The number of halogens is 1. The fraction of sp³-hybridized carbons (Fsp3) is 0.0455. The molecule has 0 unspecified atom stereocenters. The zero-order chi connectivity index (χ0) is 23.0. The normalized spacial score (nSPS) is 15.6. The largest absolute Gasteiger partial charge is 0.457 e. The van der Waals surface area contributed by atoms with Gasteiger partial charge in [-0.05, 0) is 52.3 Å². The molecule has 0 N–H and O–H groups in total. The van der Waals surface area contributed by atoms with E-state index in [2.05, 4.69) is 15.9 Å². The van der Waals surface area contributed by atoms with Crippen molar-refractivity contribution in [3.8, 4) is 11.3 Å². The highest BCUT2D eigenvalue weighted by Crippen LogP contribution is 2.33. The molecular weight excluding hydrogens is 482 g/mol. The second-order valence-electron chi connectivity index (χ2n) is 6.80. The number of likely N-dealkylation sites (N-methyl/N-ethyl adjacent to an activating group) is 1. The van der Waals surface area contributed by atoms with Crippen LogP contribution < -0.4 is 4.90 Å². The predicted octanol–water partition coefficient (Wildman–Crippen LogP) is 4.63. The molecule has 2 aromatic carbocycles. The van der Waals surface area contributed by atoms with E-state index in [0.717, 1.165) is 9.80 Å². The Kier molecular flexibility index (Phi) is 5.45. The molecule has 4 amide bonds. The number of hydrogen-bond donors (Lipinski definition) is 0. The highest BCUT2D eigenvalue weighted by Gasteiger charge is 2.41. The van der Waals surface area contributed by atoms with E-state index in [9.17, 15) is 24.5 Å². The van der Waals surface area contributed by atoms with Gasteiger partial charge >= 0.3 is 6.03 Å². The van der Waals surface area contributed by atoms with Crippen LogP contribution in [0.2, 0.25) is 0 Å². The van der Waals surface area contributed by atoms with Crippen molar-refractivity contribution in [1.29, 1.82) is 0 Å². The highest BCUT2D eigenvalue weighted by molar-refractivity contribution is 9.10. The number of nitro groups is 1. The molecule has 0 aliphatic carbocycles. The number of non-ortho nitro benzene ring substituents is 1. The molecule has 3 aromatic rings. The summed E-state index contributed by atoms with van der Waals surface area (Å²) in [6.07, 6.45) is 1.27. The number of nitro benzene ring substituents is 1. The van der Waals surface area contributed by atoms with Crippen molar-refractivity contribution < 1.29 is 23.7 Å². The number of imide groups is 2. The van der Waals surface area contributed by atoms with Crippen molar-refractivity contribution in [3.63, 3.8) is 0 Å². The molecule has 0 saturated carbocycles. The first-order chi connectivity index (χ1) is 15.3. The molecule has 1 aromatic heterocycles. The first-order valence-electron chi connectivity index (χ1n) is 9.25. The minimum atomic E-state index is -0.765. The number of hydrogen-bond acceptors (Lipinski definition) is 6. The summed E-state index contributed by atoms with van der Waals surface area (Å²) in [6, 6.07) is 14.9. The summed E-state index contributed by atoms with van der Waals surface area (Å²) in [5, 5.41) is 10.9. The van der Waals surface area contributed by atoms with Gasteiger partial charge in [0.1, 0.15) is 17.1 Å². The van der Waals surface area contributed by atoms with Gasteiger partial charge in [0, 0.05) is 29.2 Å². The van der Waals surface area contributed by atoms with E-state index in [4.69, 9.17) is 4.42 Å². The van der Waals surface area contributed by atoms with Crippen molar-refractivity contribution in [2.75, 3.05) is 11.9 Å². The Morgan fingerprint density at radius 3 is 2.38 bits per heavy atom. The first kappa shape index (κ1) is 21.2. The van der Waals surface area contributed by atoms with E-state index in [1.807, 2.05) is 0 Å². The summed E-state index contributed by atoms with van der Waals surface area (Å²) in [7, 11) is 1.29. The molecule has 1 aliphatic rings.